The Kier molecular flexibility index (Phi) is 6.02. The maximum Gasteiger partial charge on any atom is 0.412 e. The Morgan fingerprint density at radius 3 is 2.44 bits per heavy atom. The van der Waals surface area contributed by atoms with Gasteiger partial charge in [0.2, 0.25) is 5.91 Å². The molecule has 178 valence electrons. The molecule has 1 atom stereocenters. The number of fused-ring (bicyclic) bond motifs is 3. The smallest absolute Gasteiger partial charge is 0.412 e. The van der Waals surface area contributed by atoms with E-state index in [9.17, 15) is 14.7 Å². The fraction of sp³-hybridized carbons (Fsp3) is 0.444. The van der Waals surface area contributed by atoms with Gasteiger partial charge in [-0.25, -0.2) is 9.78 Å². The van der Waals surface area contributed by atoms with Gasteiger partial charge >= 0.3 is 6.09 Å². The molecule has 0 bridgehead atoms. The highest BCUT2D eigenvalue weighted by atomic mass is 16.4. The molecule has 7 heteroatoms. The highest BCUT2D eigenvalue weighted by Crippen LogP contribution is 2.40. The van der Waals surface area contributed by atoms with Crippen LogP contribution in [0.3, 0.4) is 0 Å². The van der Waals surface area contributed by atoms with Crippen LogP contribution in [-0.4, -0.2) is 32.7 Å². The number of carbonyl (C=O) groups excluding carboxylic acids is 1. The van der Waals surface area contributed by atoms with Crippen molar-refractivity contribution in [2.24, 2.45) is 11.7 Å². The van der Waals surface area contributed by atoms with Gasteiger partial charge < -0.3 is 15.4 Å². The number of carbonyl (C=O) groups is 2. The molecule has 0 radical (unpaired) electrons. The molecule has 0 saturated heterocycles. The monoisotopic (exact) mass is 460 g/mol. The number of anilines is 1. The van der Waals surface area contributed by atoms with Crippen LogP contribution in [0, 0.1) is 5.92 Å². The zero-order valence-electron chi connectivity index (χ0n) is 19.6. The van der Waals surface area contributed by atoms with Crippen molar-refractivity contribution in [1.29, 1.82) is 0 Å². The fourth-order valence-corrected chi connectivity index (χ4v) is 5.84. The number of amides is 2. The molecule has 1 aliphatic carbocycles. The molecule has 0 unspecified atom stereocenters. The van der Waals surface area contributed by atoms with Gasteiger partial charge in [0, 0.05) is 30.0 Å². The first-order valence-corrected chi connectivity index (χ1v) is 12.3. The van der Waals surface area contributed by atoms with Gasteiger partial charge in [-0.05, 0) is 69.6 Å². The minimum absolute atomic E-state index is 0.0443. The Balaban J connectivity index is 1.56. The van der Waals surface area contributed by atoms with Crippen LogP contribution in [-0.2, 0) is 24.1 Å². The molecular weight excluding hydrogens is 428 g/mol. The number of nitrogens with zero attached hydrogens (tertiary/aromatic N) is 3. The summed E-state index contributed by atoms with van der Waals surface area (Å²) in [6.45, 7) is 1.96. The minimum atomic E-state index is -0.915. The Morgan fingerprint density at radius 2 is 1.76 bits per heavy atom. The number of primary amides is 1. The summed E-state index contributed by atoms with van der Waals surface area (Å²) >= 11 is 0. The van der Waals surface area contributed by atoms with Crippen molar-refractivity contribution in [3.05, 3.63) is 59.4 Å². The lowest BCUT2D eigenvalue weighted by atomic mass is 9.85. The van der Waals surface area contributed by atoms with Crippen molar-refractivity contribution in [2.45, 2.75) is 70.4 Å². The van der Waals surface area contributed by atoms with Crippen molar-refractivity contribution < 1.29 is 14.7 Å². The number of hydrogen-bond acceptors (Lipinski definition) is 3. The van der Waals surface area contributed by atoms with Gasteiger partial charge in [-0.3, -0.25) is 9.69 Å². The molecular formula is C27H32N4O3. The average molecular weight is 461 g/mol. The summed E-state index contributed by atoms with van der Waals surface area (Å²) in [5, 5.41) is 9.83. The zero-order valence-corrected chi connectivity index (χ0v) is 19.6. The lowest BCUT2D eigenvalue weighted by Crippen LogP contribution is -2.41. The average Bonchev–Trinajstić information content (AvgIpc) is 3.21. The van der Waals surface area contributed by atoms with Crippen molar-refractivity contribution in [3.8, 4) is 0 Å². The third-order valence-corrected chi connectivity index (χ3v) is 7.68. The largest absolute Gasteiger partial charge is 0.465 e. The van der Waals surface area contributed by atoms with E-state index in [1.807, 2.05) is 25.1 Å². The van der Waals surface area contributed by atoms with Crippen LogP contribution in [0.5, 0.6) is 0 Å². The van der Waals surface area contributed by atoms with Crippen LogP contribution in [0.1, 0.15) is 62.0 Å². The number of carboxylic acid groups (broad SMARTS) is 1. The first-order valence-electron chi connectivity index (χ1n) is 12.3. The summed E-state index contributed by atoms with van der Waals surface area (Å²) in [4.78, 5) is 30.3. The number of hydrogen-bond donors (Lipinski definition) is 2. The van der Waals surface area contributed by atoms with Gasteiger partial charge in [0.1, 0.15) is 5.82 Å². The second-order valence-electron chi connectivity index (χ2n) is 9.76. The summed E-state index contributed by atoms with van der Waals surface area (Å²) in [7, 11) is 0. The third kappa shape index (κ3) is 4.04. The number of benzene rings is 2. The van der Waals surface area contributed by atoms with E-state index in [-0.39, 0.29) is 23.9 Å². The van der Waals surface area contributed by atoms with Gasteiger partial charge in [-0.2, -0.15) is 0 Å². The molecule has 1 aromatic heterocycles. The quantitative estimate of drug-likeness (QED) is 0.568. The van der Waals surface area contributed by atoms with E-state index in [1.54, 1.807) is 0 Å². The van der Waals surface area contributed by atoms with Crippen molar-refractivity contribution >= 4 is 28.7 Å². The summed E-state index contributed by atoms with van der Waals surface area (Å²) in [5.41, 5.74) is 10.6. The summed E-state index contributed by atoms with van der Waals surface area (Å²) in [6.07, 6.45) is 5.78. The fourth-order valence-electron chi connectivity index (χ4n) is 5.84. The third-order valence-electron chi connectivity index (χ3n) is 7.68. The van der Waals surface area contributed by atoms with E-state index >= 15 is 0 Å². The van der Waals surface area contributed by atoms with E-state index in [0.29, 0.717) is 0 Å². The molecule has 3 N–H and O–H groups in total. The Labute approximate surface area is 199 Å². The van der Waals surface area contributed by atoms with Crippen LogP contribution in [0.15, 0.2) is 42.5 Å². The van der Waals surface area contributed by atoms with Crippen molar-refractivity contribution in [3.63, 3.8) is 0 Å². The molecule has 3 aromatic rings. The molecule has 5 rings (SSSR count). The number of rotatable bonds is 5. The maximum absolute atomic E-state index is 12.0. The number of aromatic nitrogens is 2. The highest BCUT2D eigenvalue weighted by molar-refractivity contribution is 5.94. The van der Waals surface area contributed by atoms with Crippen molar-refractivity contribution in [1.82, 2.24) is 9.55 Å². The molecule has 1 saturated carbocycles. The number of aryl methyl sites for hydroxylation is 3. The number of nitrogens with two attached hydrogens (primary N) is 1. The molecule has 2 heterocycles. The first kappa shape index (κ1) is 22.4. The molecule has 2 aliphatic rings. The lowest BCUT2D eigenvalue weighted by Gasteiger charge is -2.33. The second-order valence-corrected chi connectivity index (χ2v) is 9.76. The molecule has 34 heavy (non-hydrogen) atoms. The van der Waals surface area contributed by atoms with E-state index in [4.69, 9.17) is 10.7 Å². The van der Waals surface area contributed by atoms with Crippen LogP contribution in [0.4, 0.5) is 10.5 Å². The van der Waals surface area contributed by atoms with Gasteiger partial charge in [-0.15, -0.1) is 0 Å². The highest BCUT2D eigenvalue weighted by Gasteiger charge is 2.32. The number of imidazole rings is 1. The second kappa shape index (κ2) is 9.12. The predicted octanol–water partition coefficient (Wildman–Crippen LogP) is 4.86. The lowest BCUT2D eigenvalue weighted by molar-refractivity contribution is -0.122. The standard InChI is InChI=1S/C27H32N4O3/c1-17-7-13-21-22(30(17)27(33)34)14-15-23-25(21)29-24(16-8-18-5-3-2-4-6-18)31(23)20-11-9-19(10-12-20)26(28)32/h2-6,14-15,17,19-20H,7-13,16H2,1H3,(H2,28,32)(H,33,34)/t17-,19-,20-/m0/s1. The van der Waals surface area contributed by atoms with E-state index in [0.717, 1.165) is 79.5 Å². The first-order chi connectivity index (χ1) is 16.4. The van der Waals surface area contributed by atoms with E-state index < -0.39 is 6.09 Å². The van der Waals surface area contributed by atoms with Crippen LogP contribution in [0.25, 0.3) is 11.0 Å². The van der Waals surface area contributed by atoms with Crippen LogP contribution in [0.2, 0.25) is 0 Å². The predicted molar refractivity (Wildman–Crippen MR) is 132 cm³/mol. The van der Waals surface area contributed by atoms with Gasteiger partial charge in [0.15, 0.2) is 0 Å². The summed E-state index contributed by atoms with van der Waals surface area (Å²) < 4.78 is 2.37. The van der Waals surface area contributed by atoms with E-state index in [1.165, 1.54) is 10.5 Å². The molecule has 7 nitrogen and oxygen atoms in total. The molecule has 1 fully saturated rings. The van der Waals surface area contributed by atoms with Crippen LogP contribution < -0.4 is 10.6 Å². The molecule has 0 spiro atoms. The Bertz CT molecular complexity index is 1210. The molecule has 2 amide bonds. The van der Waals surface area contributed by atoms with Crippen molar-refractivity contribution in [2.75, 3.05) is 4.90 Å². The Morgan fingerprint density at radius 1 is 1.03 bits per heavy atom. The molecule has 1 aliphatic heterocycles. The molecule has 2 aromatic carbocycles. The Hall–Kier alpha value is -3.35. The normalized spacial score (nSPS) is 22.5. The summed E-state index contributed by atoms with van der Waals surface area (Å²) in [6, 6.07) is 14.6. The summed E-state index contributed by atoms with van der Waals surface area (Å²) in [5.74, 6) is 0.794. The maximum atomic E-state index is 12.0. The van der Waals surface area contributed by atoms with E-state index in [2.05, 4.69) is 28.8 Å². The minimum Gasteiger partial charge on any atom is -0.465 e. The topological polar surface area (TPSA) is 101 Å². The van der Waals surface area contributed by atoms with Crippen LogP contribution >= 0.6 is 0 Å². The zero-order chi connectivity index (χ0) is 23.8. The van der Waals surface area contributed by atoms with Gasteiger partial charge in [-0.1, -0.05) is 30.3 Å². The SMILES string of the molecule is C[C@H]1CCc2c(ccc3c2nc(CCc2ccccc2)n3[C@H]2CC[C@H](C(N)=O)CC2)N1C(=O)O. The van der Waals surface area contributed by atoms with Gasteiger partial charge in [0.05, 0.1) is 16.7 Å². The van der Waals surface area contributed by atoms with Gasteiger partial charge in [0.25, 0.3) is 0 Å².